The lowest BCUT2D eigenvalue weighted by atomic mass is 10.0. The third kappa shape index (κ3) is 6.48. The lowest BCUT2D eigenvalue weighted by Crippen LogP contribution is -2.50. The normalized spacial score (nSPS) is 12.0. The summed E-state index contributed by atoms with van der Waals surface area (Å²) in [5.74, 6) is -0.271. The van der Waals surface area contributed by atoms with Crippen molar-refractivity contribution in [1.82, 2.24) is 10.2 Å². The van der Waals surface area contributed by atoms with Crippen LogP contribution < -0.4 is 5.32 Å². The zero-order chi connectivity index (χ0) is 22.4. The first-order valence-electron chi connectivity index (χ1n) is 10.2. The molecule has 162 valence electrons. The summed E-state index contributed by atoms with van der Waals surface area (Å²) in [6, 6.07) is 10.7. The molecule has 0 heterocycles. The van der Waals surface area contributed by atoms with Gasteiger partial charge < -0.3 is 10.2 Å². The highest BCUT2D eigenvalue weighted by Gasteiger charge is 2.29. The molecular formula is C24H30Cl2N2O2. The number of rotatable bonds is 8. The average molecular weight is 449 g/mol. The van der Waals surface area contributed by atoms with Crippen LogP contribution in [0.4, 0.5) is 0 Å². The molecule has 30 heavy (non-hydrogen) atoms. The van der Waals surface area contributed by atoms with Crippen LogP contribution >= 0.6 is 23.2 Å². The fourth-order valence-corrected chi connectivity index (χ4v) is 3.86. The van der Waals surface area contributed by atoms with Crippen molar-refractivity contribution in [1.29, 1.82) is 0 Å². The SMILES string of the molecule is CC[C@H](C(=O)NC(C)C)N(Cc1ccc(Cl)cc1Cl)C(=O)Cc1cc(C)ccc1C. The summed E-state index contributed by atoms with van der Waals surface area (Å²) in [4.78, 5) is 27.9. The Bertz CT molecular complexity index is 912. The number of hydrogen-bond donors (Lipinski definition) is 1. The van der Waals surface area contributed by atoms with Crippen molar-refractivity contribution in [2.75, 3.05) is 0 Å². The molecule has 0 unspecified atom stereocenters. The van der Waals surface area contributed by atoms with E-state index in [1.807, 2.05) is 52.8 Å². The summed E-state index contributed by atoms with van der Waals surface area (Å²) in [5.41, 5.74) is 3.87. The van der Waals surface area contributed by atoms with Crippen molar-refractivity contribution < 1.29 is 9.59 Å². The Morgan fingerprint density at radius 3 is 2.33 bits per heavy atom. The summed E-state index contributed by atoms with van der Waals surface area (Å²) >= 11 is 12.4. The van der Waals surface area contributed by atoms with Gasteiger partial charge in [-0.25, -0.2) is 0 Å². The highest BCUT2D eigenvalue weighted by molar-refractivity contribution is 6.35. The number of nitrogens with zero attached hydrogens (tertiary/aromatic N) is 1. The number of benzene rings is 2. The highest BCUT2D eigenvalue weighted by atomic mass is 35.5. The summed E-state index contributed by atoms with van der Waals surface area (Å²) < 4.78 is 0. The van der Waals surface area contributed by atoms with Crippen molar-refractivity contribution in [3.63, 3.8) is 0 Å². The van der Waals surface area contributed by atoms with Crippen LogP contribution in [0, 0.1) is 13.8 Å². The molecule has 0 aromatic heterocycles. The maximum absolute atomic E-state index is 13.4. The van der Waals surface area contributed by atoms with E-state index in [-0.39, 0.29) is 30.8 Å². The van der Waals surface area contributed by atoms with Gasteiger partial charge in [0.15, 0.2) is 0 Å². The second-order valence-electron chi connectivity index (χ2n) is 7.95. The first-order chi connectivity index (χ1) is 14.1. The van der Waals surface area contributed by atoms with Crippen LogP contribution in [0.1, 0.15) is 49.4 Å². The number of nitrogens with one attached hydrogen (secondary N) is 1. The van der Waals surface area contributed by atoms with E-state index in [0.717, 1.165) is 22.3 Å². The largest absolute Gasteiger partial charge is 0.352 e. The fourth-order valence-electron chi connectivity index (χ4n) is 3.39. The van der Waals surface area contributed by atoms with Gasteiger partial charge in [-0.15, -0.1) is 0 Å². The van der Waals surface area contributed by atoms with Crippen LogP contribution in [0.2, 0.25) is 10.0 Å². The number of carbonyl (C=O) groups is 2. The van der Waals surface area contributed by atoms with E-state index in [4.69, 9.17) is 23.2 Å². The van der Waals surface area contributed by atoms with Crippen LogP contribution in [0.15, 0.2) is 36.4 Å². The quantitative estimate of drug-likeness (QED) is 0.580. The van der Waals surface area contributed by atoms with Crippen molar-refractivity contribution >= 4 is 35.0 Å². The van der Waals surface area contributed by atoms with E-state index in [0.29, 0.717) is 16.5 Å². The van der Waals surface area contributed by atoms with Crippen molar-refractivity contribution in [3.05, 3.63) is 68.7 Å². The second kappa shape index (κ2) is 10.8. The Kier molecular flexibility index (Phi) is 8.75. The zero-order valence-corrected chi connectivity index (χ0v) is 19.8. The van der Waals surface area contributed by atoms with E-state index in [9.17, 15) is 9.59 Å². The summed E-state index contributed by atoms with van der Waals surface area (Å²) in [5, 5.41) is 3.94. The molecule has 2 aromatic carbocycles. The van der Waals surface area contributed by atoms with Crippen LogP contribution in [-0.2, 0) is 22.6 Å². The molecule has 6 heteroatoms. The average Bonchev–Trinajstić information content (AvgIpc) is 2.65. The Hall–Kier alpha value is -2.04. The summed E-state index contributed by atoms with van der Waals surface area (Å²) in [6.07, 6.45) is 0.729. The molecule has 0 aliphatic heterocycles. The molecule has 0 aliphatic carbocycles. The molecule has 0 spiro atoms. The smallest absolute Gasteiger partial charge is 0.243 e. The van der Waals surface area contributed by atoms with E-state index < -0.39 is 6.04 Å². The Morgan fingerprint density at radius 2 is 1.73 bits per heavy atom. The standard InChI is InChI=1S/C24H30Cl2N2O2/c1-6-22(24(30)27-15(2)3)28(14-18-9-10-20(25)13-21(18)26)23(29)12-19-11-16(4)7-8-17(19)5/h7-11,13,15,22H,6,12,14H2,1-5H3,(H,27,30)/t22-/m1/s1. The molecule has 0 aliphatic rings. The second-order valence-corrected chi connectivity index (χ2v) is 8.80. The molecule has 2 aromatic rings. The van der Waals surface area contributed by atoms with Crippen molar-refractivity contribution in [2.24, 2.45) is 0 Å². The van der Waals surface area contributed by atoms with Gasteiger partial charge in [-0.3, -0.25) is 9.59 Å². The molecule has 0 bridgehead atoms. The molecule has 1 N–H and O–H groups in total. The van der Waals surface area contributed by atoms with Crippen LogP contribution in [0.25, 0.3) is 0 Å². The van der Waals surface area contributed by atoms with Crippen LogP contribution in [0.5, 0.6) is 0 Å². The van der Waals surface area contributed by atoms with E-state index in [1.165, 1.54) is 0 Å². The number of hydrogen-bond acceptors (Lipinski definition) is 2. The van der Waals surface area contributed by atoms with Gasteiger partial charge in [0.25, 0.3) is 0 Å². The maximum atomic E-state index is 13.4. The highest BCUT2D eigenvalue weighted by Crippen LogP contribution is 2.24. The minimum atomic E-state index is -0.586. The number of aryl methyl sites for hydroxylation is 2. The lowest BCUT2D eigenvalue weighted by molar-refractivity contribution is -0.141. The first kappa shape index (κ1) is 24.2. The van der Waals surface area contributed by atoms with Crippen LogP contribution in [0.3, 0.4) is 0 Å². The molecule has 0 radical (unpaired) electrons. The molecule has 1 atom stereocenters. The topological polar surface area (TPSA) is 49.4 Å². The Labute approximate surface area is 189 Å². The van der Waals surface area contributed by atoms with Crippen molar-refractivity contribution in [3.8, 4) is 0 Å². The van der Waals surface area contributed by atoms with Gasteiger partial charge in [0.1, 0.15) is 6.04 Å². The minimum Gasteiger partial charge on any atom is -0.352 e. The predicted molar refractivity (Wildman–Crippen MR) is 124 cm³/mol. The molecule has 2 rings (SSSR count). The fraction of sp³-hybridized carbons (Fsp3) is 0.417. The zero-order valence-electron chi connectivity index (χ0n) is 18.3. The van der Waals surface area contributed by atoms with E-state index in [2.05, 4.69) is 5.32 Å². The van der Waals surface area contributed by atoms with E-state index in [1.54, 1.807) is 23.1 Å². The minimum absolute atomic E-state index is 0.0124. The van der Waals surface area contributed by atoms with Gasteiger partial charge in [-0.1, -0.05) is 60.0 Å². The third-order valence-corrected chi connectivity index (χ3v) is 5.61. The number of halogens is 2. The monoisotopic (exact) mass is 448 g/mol. The van der Waals surface area contributed by atoms with E-state index >= 15 is 0 Å². The lowest BCUT2D eigenvalue weighted by Gasteiger charge is -2.31. The van der Waals surface area contributed by atoms with Gasteiger partial charge in [0.05, 0.1) is 6.42 Å². The molecule has 0 fully saturated rings. The van der Waals surface area contributed by atoms with Gasteiger partial charge in [-0.2, -0.15) is 0 Å². The number of carbonyl (C=O) groups excluding carboxylic acids is 2. The van der Waals surface area contributed by atoms with Crippen LogP contribution in [-0.4, -0.2) is 28.8 Å². The molecular weight excluding hydrogens is 419 g/mol. The molecule has 0 saturated carbocycles. The summed E-state index contributed by atoms with van der Waals surface area (Å²) in [6.45, 7) is 9.96. The van der Waals surface area contributed by atoms with Gasteiger partial charge in [-0.05, 0) is 62.9 Å². The molecule has 0 saturated heterocycles. The predicted octanol–water partition coefficient (Wildman–Crippen LogP) is 5.48. The number of amides is 2. The molecule has 4 nitrogen and oxygen atoms in total. The maximum Gasteiger partial charge on any atom is 0.243 e. The van der Waals surface area contributed by atoms with Gasteiger partial charge in [0, 0.05) is 22.6 Å². The van der Waals surface area contributed by atoms with Gasteiger partial charge >= 0.3 is 0 Å². The Balaban J connectivity index is 2.38. The molecule has 2 amide bonds. The Morgan fingerprint density at radius 1 is 1.03 bits per heavy atom. The van der Waals surface area contributed by atoms with Crippen molar-refractivity contribution in [2.45, 2.75) is 66.1 Å². The third-order valence-electron chi connectivity index (χ3n) is 5.02. The first-order valence-corrected chi connectivity index (χ1v) is 11.0. The van der Waals surface area contributed by atoms with Gasteiger partial charge in [0.2, 0.25) is 11.8 Å². The summed E-state index contributed by atoms with van der Waals surface area (Å²) in [7, 11) is 0.